The van der Waals surface area contributed by atoms with E-state index in [-0.39, 0.29) is 40.7 Å². The number of carbonyl (C=O) groups excluding carboxylic acids is 3. The Balaban J connectivity index is 1.44. The second-order valence-electron chi connectivity index (χ2n) is 8.47. The number of anilines is 1. The van der Waals surface area contributed by atoms with Gasteiger partial charge in [0.1, 0.15) is 28.6 Å². The van der Waals surface area contributed by atoms with Crippen LogP contribution in [0.1, 0.15) is 19.5 Å². The Labute approximate surface area is 222 Å². The maximum absolute atomic E-state index is 13.1. The number of nitrogens with zero attached hydrogens (tertiary/aromatic N) is 7. The van der Waals surface area contributed by atoms with Gasteiger partial charge in [0.25, 0.3) is 5.91 Å². The molecular formula is C19H23N9O6S3. The number of hydrogen-bond acceptors (Lipinski definition) is 13. The van der Waals surface area contributed by atoms with Crippen molar-refractivity contribution in [1.82, 2.24) is 35.4 Å². The molecule has 2 saturated heterocycles. The number of nitrogens with one attached hydrogen (secondary N) is 2. The predicted octanol–water partition coefficient (Wildman–Crippen LogP) is -0.373. The van der Waals surface area contributed by atoms with Gasteiger partial charge in [0.2, 0.25) is 17.5 Å². The molecule has 2 unspecified atom stereocenters. The van der Waals surface area contributed by atoms with Crippen molar-refractivity contribution in [3.05, 3.63) is 11.1 Å². The van der Waals surface area contributed by atoms with Crippen LogP contribution in [0.3, 0.4) is 0 Å². The zero-order valence-electron chi connectivity index (χ0n) is 19.9. The van der Waals surface area contributed by atoms with Gasteiger partial charge in [-0.3, -0.25) is 19.2 Å². The van der Waals surface area contributed by atoms with Crippen LogP contribution in [-0.4, -0.2) is 101 Å². The van der Waals surface area contributed by atoms with E-state index in [1.54, 1.807) is 20.9 Å². The van der Waals surface area contributed by atoms with Gasteiger partial charge in [0, 0.05) is 30.5 Å². The number of amides is 3. The molecule has 18 heteroatoms. The minimum atomic E-state index is -1.21. The fraction of sp³-hybridized carbons (Fsp3) is 0.526. The van der Waals surface area contributed by atoms with E-state index in [1.165, 1.54) is 38.5 Å². The number of aromatic nitrogens is 5. The van der Waals surface area contributed by atoms with Gasteiger partial charge >= 0.3 is 5.97 Å². The number of thioether (sulfide) groups is 2. The first kappa shape index (κ1) is 26.8. The number of tetrazole rings is 1. The Morgan fingerprint density at radius 1 is 1.46 bits per heavy atom. The summed E-state index contributed by atoms with van der Waals surface area (Å²) in [6, 6.07) is -0.865. The highest BCUT2D eigenvalue weighted by molar-refractivity contribution is 8.00. The number of β-lactam (4-membered cyclic amide) rings is 1. The number of carboxylic acids is 1. The summed E-state index contributed by atoms with van der Waals surface area (Å²) in [5.41, 5.74) is -1.18. The summed E-state index contributed by atoms with van der Waals surface area (Å²) in [6.45, 7) is 3.46. The van der Waals surface area contributed by atoms with Crippen molar-refractivity contribution in [3.63, 3.8) is 0 Å². The quantitative estimate of drug-likeness (QED) is 0.105. The molecule has 4 heterocycles. The summed E-state index contributed by atoms with van der Waals surface area (Å²) < 4.78 is 1.45. The first-order valence-electron chi connectivity index (χ1n) is 10.9. The molecule has 3 atom stereocenters. The molecule has 2 aliphatic rings. The summed E-state index contributed by atoms with van der Waals surface area (Å²) in [5, 5.41) is 32.0. The lowest BCUT2D eigenvalue weighted by atomic mass is 9.89. The van der Waals surface area contributed by atoms with Gasteiger partial charge in [0.15, 0.2) is 10.8 Å². The van der Waals surface area contributed by atoms with Gasteiger partial charge in [0.05, 0.1) is 0 Å². The molecule has 0 bridgehead atoms. The standard InChI is InChI=1S/C19H23N9O6S3/c1-9(2)34-24-11(10-4-35-17(21-10)20-8-29)13(30)22-12-14(31)28-5-19(16(32)33,6-36-15(12)28)7-37-18-23-25-26-27(18)3/h4,8-9,12,15H,5-7H2,1-3H3,(H,22,30)(H,32,33)(H,20,21,29)/t12?,15-,19?/m1/s1. The summed E-state index contributed by atoms with van der Waals surface area (Å²) in [6.07, 6.45) is 0.148. The number of fused-ring (bicyclic) bond motifs is 1. The van der Waals surface area contributed by atoms with Gasteiger partial charge in [-0.15, -0.1) is 28.2 Å². The normalized spacial score (nSPS) is 23.3. The van der Waals surface area contributed by atoms with E-state index >= 15 is 0 Å². The molecule has 0 spiro atoms. The number of aliphatic carboxylic acids is 1. The Kier molecular flexibility index (Phi) is 7.98. The zero-order chi connectivity index (χ0) is 26.7. The van der Waals surface area contributed by atoms with Crippen LogP contribution >= 0.6 is 34.9 Å². The highest BCUT2D eigenvalue weighted by atomic mass is 32.2. The molecule has 0 aromatic carbocycles. The van der Waals surface area contributed by atoms with E-state index in [1.807, 2.05) is 0 Å². The molecular weight excluding hydrogens is 546 g/mol. The maximum atomic E-state index is 13.1. The average Bonchev–Trinajstić information content (AvgIpc) is 3.49. The third-order valence-electron chi connectivity index (χ3n) is 5.44. The first-order chi connectivity index (χ1) is 17.6. The molecule has 2 fully saturated rings. The van der Waals surface area contributed by atoms with Crippen LogP contribution in [0.25, 0.3) is 0 Å². The Bertz CT molecular complexity index is 1230. The van der Waals surface area contributed by atoms with Gasteiger partial charge in [-0.25, -0.2) is 9.67 Å². The highest BCUT2D eigenvalue weighted by Crippen LogP contribution is 2.44. The smallest absolute Gasteiger partial charge is 0.313 e. The lowest BCUT2D eigenvalue weighted by molar-refractivity contribution is -0.157. The molecule has 2 aliphatic heterocycles. The van der Waals surface area contributed by atoms with E-state index in [2.05, 4.69) is 36.3 Å². The molecule has 2 aromatic rings. The average molecular weight is 570 g/mol. The fourth-order valence-electron chi connectivity index (χ4n) is 3.52. The monoisotopic (exact) mass is 569 g/mol. The third kappa shape index (κ3) is 5.54. The Hall–Kier alpha value is -3.25. The summed E-state index contributed by atoms with van der Waals surface area (Å²) in [5.74, 6) is -1.70. The van der Waals surface area contributed by atoms with Gasteiger partial charge < -0.3 is 25.5 Å². The van der Waals surface area contributed by atoms with Gasteiger partial charge in [-0.2, -0.15) is 0 Å². The predicted molar refractivity (Wildman–Crippen MR) is 134 cm³/mol. The Morgan fingerprint density at radius 2 is 2.24 bits per heavy atom. The number of hydrogen-bond donors (Lipinski definition) is 3. The van der Waals surface area contributed by atoms with Crippen LogP contribution in [0, 0.1) is 5.41 Å². The molecule has 0 aliphatic carbocycles. The molecule has 15 nitrogen and oxygen atoms in total. The summed E-state index contributed by atoms with van der Waals surface area (Å²) in [7, 11) is 1.66. The number of thiazole rings is 1. The second kappa shape index (κ2) is 11.0. The SMILES string of the molecule is CC(C)ON=C(C(=O)NC1C(=O)N2CC(CSc3nnnn3C)(C(=O)O)CS[C@H]12)c1csc(NC=O)n1. The second-order valence-corrected chi connectivity index (χ2v) is 11.4. The first-order valence-corrected chi connectivity index (χ1v) is 13.8. The molecule has 4 rings (SSSR count). The maximum Gasteiger partial charge on any atom is 0.313 e. The van der Waals surface area contributed by atoms with Crippen LogP contribution in [0.5, 0.6) is 0 Å². The van der Waals surface area contributed by atoms with Crippen molar-refractivity contribution in [2.24, 2.45) is 17.6 Å². The van der Waals surface area contributed by atoms with Crippen LogP contribution < -0.4 is 10.6 Å². The van der Waals surface area contributed by atoms with Crippen LogP contribution in [0.15, 0.2) is 15.7 Å². The van der Waals surface area contributed by atoms with E-state index in [9.17, 15) is 24.3 Å². The molecule has 3 amide bonds. The zero-order valence-corrected chi connectivity index (χ0v) is 22.3. The van der Waals surface area contributed by atoms with Crippen molar-refractivity contribution in [1.29, 1.82) is 0 Å². The fourth-order valence-corrected chi connectivity index (χ4v) is 6.89. The number of carboxylic acid groups (broad SMARTS) is 1. The van der Waals surface area contributed by atoms with Crippen molar-refractivity contribution in [2.75, 3.05) is 23.4 Å². The van der Waals surface area contributed by atoms with Crippen molar-refractivity contribution in [2.45, 2.75) is 36.5 Å². The van der Waals surface area contributed by atoms with E-state index in [0.29, 0.717) is 11.6 Å². The molecule has 3 N–H and O–H groups in total. The highest BCUT2D eigenvalue weighted by Gasteiger charge is 2.57. The van der Waals surface area contributed by atoms with Crippen LogP contribution in [-0.2, 0) is 31.1 Å². The van der Waals surface area contributed by atoms with Crippen LogP contribution in [0.2, 0.25) is 0 Å². The molecule has 2 aromatic heterocycles. The summed E-state index contributed by atoms with van der Waals surface area (Å²) in [4.78, 5) is 59.9. The molecule has 198 valence electrons. The lowest BCUT2D eigenvalue weighted by Crippen LogP contribution is -2.74. The van der Waals surface area contributed by atoms with E-state index < -0.39 is 34.6 Å². The van der Waals surface area contributed by atoms with Gasteiger partial charge in [-0.05, 0) is 24.3 Å². The Morgan fingerprint density at radius 3 is 2.89 bits per heavy atom. The number of aryl methyl sites for hydroxylation is 1. The topological polar surface area (TPSA) is 194 Å². The van der Waals surface area contributed by atoms with Gasteiger partial charge in [-0.1, -0.05) is 16.9 Å². The van der Waals surface area contributed by atoms with E-state index in [0.717, 1.165) is 11.3 Å². The molecule has 0 radical (unpaired) electrons. The lowest BCUT2D eigenvalue weighted by Gasteiger charge is -2.53. The minimum Gasteiger partial charge on any atom is -0.481 e. The van der Waals surface area contributed by atoms with Crippen LogP contribution in [0.4, 0.5) is 5.13 Å². The number of carbonyl (C=O) groups is 4. The molecule has 0 saturated carbocycles. The minimum absolute atomic E-state index is 0.00625. The number of oxime groups is 1. The number of rotatable bonds is 11. The largest absolute Gasteiger partial charge is 0.481 e. The third-order valence-corrected chi connectivity index (χ3v) is 9.10. The van der Waals surface area contributed by atoms with Crippen molar-refractivity contribution >= 4 is 69.9 Å². The van der Waals surface area contributed by atoms with Crippen molar-refractivity contribution in [3.8, 4) is 0 Å². The summed E-state index contributed by atoms with van der Waals surface area (Å²) >= 11 is 3.59. The van der Waals surface area contributed by atoms with E-state index in [4.69, 9.17) is 4.84 Å². The molecule has 37 heavy (non-hydrogen) atoms. The van der Waals surface area contributed by atoms with Crippen molar-refractivity contribution < 1.29 is 29.1 Å².